The lowest BCUT2D eigenvalue weighted by Crippen LogP contribution is -2.41. The van der Waals surface area contributed by atoms with Crippen molar-refractivity contribution in [2.75, 3.05) is 31.2 Å². The molecule has 0 unspecified atom stereocenters. The summed E-state index contributed by atoms with van der Waals surface area (Å²) in [5.41, 5.74) is 3.38. The van der Waals surface area contributed by atoms with E-state index in [-0.39, 0.29) is 0 Å². The van der Waals surface area contributed by atoms with Crippen molar-refractivity contribution in [3.8, 4) is 0 Å². The Kier molecular flexibility index (Phi) is 4.73. The highest BCUT2D eigenvalue weighted by Gasteiger charge is 2.31. The molecular formula is C20H24N2O3S. The van der Waals surface area contributed by atoms with Crippen LogP contribution in [0.5, 0.6) is 0 Å². The van der Waals surface area contributed by atoms with Crippen LogP contribution in [0.25, 0.3) is 0 Å². The van der Waals surface area contributed by atoms with Crippen LogP contribution in [0.15, 0.2) is 53.4 Å². The molecule has 0 radical (unpaired) electrons. The van der Waals surface area contributed by atoms with Crippen LogP contribution in [0, 0.1) is 0 Å². The van der Waals surface area contributed by atoms with Gasteiger partial charge in [-0.3, -0.25) is 0 Å². The number of sulfonamides is 1. The van der Waals surface area contributed by atoms with Crippen LogP contribution >= 0.6 is 0 Å². The third-order valence-electron chi connectivity index (χ3n) is 5.25. The first kappa shape index (κ1) is 17.5. The van der Waals surface area contributed by atoms with E-state index in [9.17, 15) is 8.42 Å². The summed E-state index contributed by atoms with van der Waals surface area (Å²) in [6.07, 6.45) is 0.995. The Morgan fingerprint density at radius 3 is 2.54 bits per heavy atom. The predicted octanol–water partition coefficient (Wildman–Crippen LogP) is 2.66. The van der Waals surface area contributed by atoms with Crippen molar-refractivity contribution in [1.29, 1.82) is 0 Å². The second-order valence-electron chi connectivity index (χ2n) is 6.93. The van der Waals surface area contributed by atoms with Gasteiger partial charge in [-0.1, -0.05) is 36.4 Å². The highest BCUT2D eigenvalue weighted by atomic mass is 32.2. The quantitative estimate of drug-likeness (QED) is 0.828. The van der Waals surface area contributed by atoms with Gasteiger partial charge >= 0.3 is 0 Å². The Morgan fingerprint density at radius 2 is 1.73 bits per heavy atom. The van der Waals surface area contributed by atoms with Crippen molar-refractivity contribution in [2.24, 2.45) is 0 Å². The zero-order chi connectivity index (χ0) is 18.1. The van der Waals surface area contributed by atoms with E-state index in [4.69, 9.17) is 4.74 Å². The van der Waals surface area contributed by atoms with Crippen LogP contribution < -0.4 is 4.90 Å². The Balaban J connectivity index is 1.67. The molecule has 0 spiro atoms. The van der Waals surface area contributed by atoms with Crippen LogP contribution in [0.4, 0.5) is 5.69 Å². The van der Waals surface area contributed by atoms with Crippen molar-refractivity contribution in [3.05, 3.63) is 59.7 Å². The number of hydrogen-bond acceptors (Lipinski definition) is 4. The van der Waals surface area contributed by atoms with Crippen molar-refractivity contribution in [2.45, 2.75) is 30.8 Å². The van der Waals surface area contributed by atoms with Crippen molar-refractivity contribution in [1.82, 2.24) is 4.31 Å². The Labute approximate surface area is 155 Å². The second-order valence-corrected chi connectivity index (χ2v) is 8.84. The fourth-order valence-corrected chi connectivity index (χ4v) is 5.49. The summed E-state index contributed by atoms with van der Waals surface area (Å²) in [6.45, 7) is 4.53. The van der Waals surface area contributed by atoms with E-state index in [1.807, 2.05) is 18.2 Å². The molecule has 1 atom stereocenters. The zero-order valence-electron chi connectivity index (χ0n) is 15.0. The lowest BCUT2D eigenvalue weighted by atomic mass is 10.1. The van der Waals surface area contributed by atoms with E-state index in [2.05, 4.69) is 30.0 Å². The molecule has 4 rings (SSSR count). The molecule has 2 aliphatic heterocycles. The average Bonchev–Trinajstić information content (AvgIpc) is 2.98. The molecule has 0 aromatic heterocycles. The molecule has 6 heteroatoms. The molecule has 0 saturated carbocycles. The molecular weight excluding hydrogens is 348 g/mol. The fourth-order valence-electron chi connectivity index (χ4n) is 3.87. The molecule has 26 heavy (non-hydrogen) atoms. The maximum atomic E-state index is 13.2. The number of rotatable bonds is 4. The zero-order valence-corrected chi connectivity index (χ0v) is 15.8. The third-order valence-corrected chi connectivity index (χ3v) is 7.25. The molecule has 138 valence electrons. The minimum Gasteiger partial charge on any atom is -0.379 e. The molecule has 2 aliphatic rings. The molecule has 0 bridgehead atoms. The Hall–Kier alpha value is -1.89. The first-order chi connectivity index (χ1) is 12.6. The molecule has 0 amide bonds. The number of para-hydroxylation sites is 1. The summed E-state index contributed by atoms with van der Waals surface area (Å²) in [7, 11) is -3.50. The number of fused-ring (bicyclic) bond motifs is 1. The molecule has 2 aromatic carbocycles. The van der Waals surface area contributed by atoms with Crippen molar-refractivity contribution >= 4 is 15.7 Å². The molecule has 0 N–H and O–H groups in total. The van der Waals surface area contributed by atoms with Gasteiger partial charge in [0.25, 0.3) is 0 Å². The first-order valence-electron chi connectivity index (χ1n) is 9.08. The smallest absolute Gasteiger partial charge is 0.243 e. The number of ether oxygens (including phenoxy) is 1. The largest absolute Gasteiger partial charge is 0.379 e. The molecule has 5 nitrogen and oxygen atoms in total. The van der Waals surface area contributed by atoms with Gasteiger partial charge in [0.2, 0.25) is 10.0 Å². The maximum Gasteiger partial charge on any atom is 0.243 e. The Morgan fingerprint density at radius 1 is 1.04 bits per heavy atom. The van der Waals surface area contributed by atoms with Gasteiger partial charge in [-0.05, 0) is 36.6 Å². The predicted molar refractivity (Wildman–Crippen MR) is 102 cm³/mol. The van der Waals surface area contributed by atoms with Crippen LogP contribution in [-0.4, -0.2) is 45.1 Å². The normalized spacial score (nSPS) is 21.0. The summed E-state index contributed by atoms with van der Waals surface area (Å²) in [4.78, 5) is 2.72. The molecule has 1 fully saturated rings. The molecule has 2 aromatic rings. The SMILES string of the molecule is C[C@@H]1Cc2ccccc2N1Cc1ccccc1S(=O)(=O)N1CCOCC1. The highest BCUT2D eigenvalue weighted by molar-refractivity contribution is 7.89. The van der Waals surface area contributed by atoms with E-state index in [0.29, 0.717) is 43.8 Å². The monoisotopic (exact) mass is 372 g/mol. The molecule has 1 saturated heterocycles. The van der Waals surface area contributed by atoms with E-state index in [1.54, 1.807) is 12.1 Å². The van der Waals surface area contributed by atoms with Crippen LogP contribution in [0.1, 0.15) is 18.1 Å². The summed E-state index contributed by atoms with van der Waals surface area (Å²) < 4.78 is 33.2. The number of anilines is 1. The van der Waals surface area contributed by atoms with Crippen LogP contribution in [0.2, 0.25) is 0 Å². The van der Waals surface area contributed by atoms with Gasteiger partial charge in [0.15, 0.2) is 0 Å². The summed E-state index contributed by atoms with van der Waals surface area (Å²) in [5.74, 6) is 0. The fraction of sp³-hybridized carbons (Fsp3) is 0.400. The van der Waals surface area contributed by atoms with Gasteiger partial charge in [-0.15, -0.1) is 0 Å². The third kappa shape index (κ3) is 3.13. The summed E-state index contributed by atoms with van der Waals surface area (Å²) in [6, 6.07) is 16.1. The van der Waals surface area contributed by atoms with Crippen LogP contribution in [-0.2, 0) is 27.7 Å². The summed E-state index contributed by atoms with van der Waals surface area (Å²) in [5, 5.41) is 0. The van der Waals surface area contributed by atoms with Gasteiger partial charge < -0.3 is 9.64 Å². The lowest BCUT2D eigenvalue weighted by molar-refractivity contribution is 0.0730. The number of nitrogens with zero attached hydrogens (tertiary/aromatic N) is 2. The lowest BCUT2D eigenvalue weighted by Gasteiger charge is -2.29. The van der Waals surface area contributed by atoms with Crippen LogP contribution in [0.3, 0.4) is 0 Å². The van der Waals surface area contributed by atoms with E-state index in [1.165, 1.54) is 15.6 Å². The van der Waals surface area contributed by atoms with E-state index in [0.717, 1.165) is 12.0 Å². The number of benzene rings is 2. The highest BCUT2D eigenvalue weighted by Crippen LogP contribution is 2.34. The van der Waals surface area contributed by atoms with Gasteiger partial charge in [0.1, 0.15) is 0 Å². The van der Waals surface area contributed by atoms with E-state index < -0.39 is 10.0 Å². The average molecular weight is 372 g/mol. The molecule has 0 aliphatic carbocycles. The summed E-state index contributed by atoms with van der Waals surface area (Å²) >= 11 is 0. The van der Waals surface area contributed by atoms with Crippen molar-refractivity contribution in [3.63, 3.8) is 0 Å². The van der Waals surface area contributed by atoms with Gasteiger partial charge in [0.05, 0.1) is 18.1 Å². The number of hydrogen-bond donors (Lipinski definition) is 0. The minimum absolute atomic E-state index is 0.353. The minimum atomic E-state index is -3.50. The first-order valence-corrected chi connectivity index (χ1v) is 10.5. The number of morpholine rings is 1. The molecule has 2 heterocycles. The second kappa shape index (κ2) is 7.02. The van der Waals surface area contributed by atoms with E-state index >= 15 is 0 Å². The van der Waals surface area contributed by atoms with Gasteiger partial charge in [0, 0.05) is 31.4 Å². The Bertz CT molecular complexity index is 891. The van der Waals surface area contributed by atoms with Gasteiger partial charge in [-0.25, -0.2) is 8.42 Å². The van der Waals surface area contributed by atoms with Gasteiger partial charge in [-0.2, -0.15) is 4.31 Å². The topological polar surface area (TPSA) is 49.9 Å². The van der Waals surface area contributed by atoms with Crippen molar-refractivity contribution < 1.29 is 13.2 Å². The standard InChI is InChI=1S/C20H24N2O3S/c1-16-14-17-6-2-4-8-19(17)22(16)15-18-7-3-5-9-20(18)26(23,24)21-10-12-25-13-11-21/h2-9,16H,10-15H2,1H3/t16-/m1/s1. The maximum absolute atomic E-state index is 13.2.